The van der Waals surface area contributed by atoms with Gasteiger partial charge in [-0.05, 0) is 29.3 Å². The first kappa shape index (κ1) is 17.2. The number of hydrogen-bond acceptors (Lipinski definition) is 3. The maximum absolute atomic E-state index is 11.1. The van der Waals surface area contributed by atoms with Gasteiger partial charge in [0.2, 0.25) is 0 Å². The summed E-state index contributed by atoms with van der Waals surface area (Å²) in [4.78, 5) is 17.9. The Balaban J connectivity index is 2.24. The number of carbonyl (C=O) groups is 1. The SMILES string of the molecule is CN(C)/C=C1\C(=C/C=O)CN=C(c2ccc(Cl)cc2)c2ccccc21. The molecule has 0 spiro atoms. The number of allylic oxidation sites excluding steroid dienone is 1. The van der Waals surface area contributed by atoms with Crippen LogP contribution in [0.4, 0.5) is 0 Å². The van der Waals surface area contributed by atoms with Gasteiger partial charge in [-0.15, -0.1) is 0 Å². The Labute approximate surface area is 153 Å². The first-order valence-electron chi connectivity index (χ1n) is 8.03. The lowest BCUT2D eigenvalue weighted by molar-refractivity contribution is -0.104. The fourth-order valence-corrected chi connectivity index (χ4v) is 3.05. The van der Waals surface area contributed by atoms with E-state index in [9.17, 15) is 4.79 Å². The molecule has 0 atom stereocenters. The highest BCUT2D eigenvalue weighted by Crippen LogP contribution is 2.31. The predicted molar refractivity (Wildman–Crippen MR) is 104 cm³/mol. The Morgan fingerprint density at radius 2 is 1.72 bits per heavy atom. The highest BCUT2D eigenvalue weighted by molar-refractivity contribution is 6.30. The molecule has 3 nitrogen and oxygen atoms in total. The van der Waals surface area contributed by atoms with Gasteiger partial charge in [0.15, 0.2) is 0 Å². The number of halogens is 1. The third-order valence-corrected chi connectivity index (χ3v) is 4.25. The molecule has 0 N–H and O–H groups in total. The summed E-state index contributed by atoms with van der Waals surface area (Å²) in [6.45, 7) is 0.449. The topological polar surface area (TPSA) is 32.7 Å². The van der Waals surface area contributed by atoms with Crippen molar-refractivity contribution in [1.29, 1.82) is 0 Å². The van der Waals surface area contributed by atoms with Crippen molar-refractivity contribution >= 4 is 29.2 Å². The molecule has 0 radical (unpaired) electrons. The van der Waals surface area contributed by atoms with Crippen LogP contribution in [0.3, 0.4) is 0 Å². The largest absolute Gasteiger partial charge is 0.383 e. The molecule has 0 fully saturated rings. The van der Waals surface area contributed by atoms with Crippen molar-refractivity contribution < 1.29 is 4.79 Å². The number of nitrogens with zero attached hydrogens (tertiary/aromatic N) is 2. The number of benzene rings is 2. The van der Waals surface area contributed by atoms with Gasteiger partial charge in [0.1, 0.15) is 6.29 Å². The summed E-state index contributed by atoms with van der Waals surface area (Å²) in [5, 5.41) is 0.695. The molecule has 3 rings (SSSR count). The summed E-state index contributed by atoms with van der Waals surface area (Å²) < 4.78 is 0. The van der Waals surface area contributed by atoms with Gasteiger partial charge in [0.05, 0.1) is 12.3 Å². The van der Waals surface area contributed by atoms with E-state index in [-0.39, 0.29) is 0 Å². The van der Waals surface area contributed by atoms with E-state index >= 15 is 0 Å². The van der Waals surface area contributed by atoms with Crippen LogP contribution in [0.25, 0.3) is 5.57 Å². The average molecular weight is 351 g/mol. The lowest BCUT2D eigenvalue weighted by Gasteiger charge is -2.15. The normalized spacial score (nSPS) is 17.0. The molecule has 25 heavy (non-hydrogen) atoms. The third-order valence-electron chi connectivity index (χ3n) is 4.00. The summed E-state index contributed by atoms with van der Waals surface area (Å²) in [7, 11) is 3.94. The number of hydrogen-bond donors (Lipinski definition) is 0. The second kappa shape index (κ2) is 7.49. The number of carbonyl (C=O) groups excluding carboxylic acids is 1. The molecule has 1 aliphatic heterocycles. The number of aliphatic imine (C=N–C) groups is 1. The first-order valence-corrected chi connectivity index (χ1v) is 8.41. The van der Waals surface area contributed by atoms with Crippen LogP contribution in [0, 0.1) is 0 Å². The van der Waals surface area contributed by atoms with Gasteiger partial charge in [0.25, 0.3) is 0 Å². The van der Waals surface area contributed by atoms with Gasteiger partial charge in [0, 0.05) is 42.0 Å². The fourth-order valence-electron chi connectivity index (χ4n) is 2.92. The van der Waals surface area contributed by atoms with Crippen molar-refractivity contribution in [2.75, 3.05) is 20.6 Å². The summed E-state index contributed by atoms with van der Waals surface area (Å²) in [6, 6.07) is 15.8. The van der Waals surface area contributed by atoms with Gasteiger partial charge in [-0.1, -0.05) is 48.0 Å². The Kier molecular flexibility index (Phi) is 5.15. The second-order valence-corrected chi connectivity index (χ2v) is 6.49. The van der Waals surface area contributed by atoms with Gasteiger partial charge in [-0.2, -0.15) is 0 Å². The van der Waals surface area contributed by atoms with Crippen LogP contribution in [0.5, 0.6) is 0 Å². The van der Waals surface area contributed by atoms with Crippen LogP contribution < -0.4 is 0 Å². The van der Waals surface area contributed by atoms with Gasteiger partial charge < -0.3 is 4.90 Å². The molecule has 1 aliphatic rings. The van der Waals surface area contributed by atoms with Crippen molar-refractivity contribution in [3.05, 3.63) is 88.1 Å². The molecular formula is C21H19ClN2O. The minimum Gasteiger partial charge on any atom is -0.383 e. The third kappa shape index (κ3) is 3.72. The molecule has 0 unspecified atom stereocenters. The zero-order valence-corrected chi connectivity index (χ0v) is 15.0. The molecule has 4 heteroatoms. The van der Waals surface area contributed by atoms with E-state index in [1.807, 2.05) is 61.6 Å². The van der Waals surface area contributed by atoms with Crippen LogP contribution in [0.1, 0.15) is 16.7 Å². The maximum Gasteiger partial charge on any atom is 0.143 e. The Hall–Kier alpha value is -2.65. The average Bonchev–Trinajstić information content (AvgIpc) is 2.74. The monoisotopic (exact) mass is 350 g/mol. The molecule has 0 saturated heterocycles. The number of rotatable bonds is 3. The quantitative estimate of drug-likeness (QED) is 0.613. The van der Waals surface area contributed by atoms with Crippen molar-refractivity contribution in [3.63, 3.8) is 0 Å². The van der Waals surface area contributed by atoms with E-state index in [2.05, 4.69) is 12.1 Å². The Morgan fingerprint density at radius 3 is 2.36 bits per heavy atom. The van der Waals surface area contributed by atoms with Gasteiger partial charge in [-0.3, -0.25) is 9.79 Å². The van der Waals surface area contributed by atoms with E-state index < -0.39 is 0 Å². The smallest absolute Gasteiger partial charge is 0.143 e. The molecule has 126 valence electrons. The van der Waals surface area contributed by atoms with Crippen LogP contribution in [-0.2, 0) is 4.79 Å². The minimum atomic E-state index is 0.449. The molecule has 0 saturated carbocycles. The van der Waals surface area contributed by atoms with E-state index in [1.54, 1.807) is 6.08 Å². The summed E-state index contributed by atoms with van der Waals surface area (Å²) in [5.41, 5.74) is 5.95. The number of fused-ring (bicyclic) bond motifs is 1. The van der Waals surface area contributed by atoms with Crippen molar-refractivity contribution in [1.82, 2.24) is 4.90 Å². The lowest BCUT2D eigenvalue weighted by atomic mass is 9.91. The summed E-state index contributed by atoms with van der Waals surface area (Å²) in [5.74, 6) is 0. The zero-order valence-electron chi connectivity index (χ0n) is 14.2. The predicted octanol–water partition coefficient (Wildman–Crippen LogP) is 4.22. The molecule has 2 aromatic carbocycles. The van der Waals surface area contributed by atoms with Gasteiger partial charge >= 0.3 is 0 Å². The molecule has 2 aromatic rings. The van der Waals surface area contributed by atoms with Crippen molar-refractivity contribution in [3.8, 4) is 0 Å². The summed E-state index contributed by atoms with van der Waals surface area (Å²) in [6.07, 6.45) is 4.46. The van der Waals surface area contributed by atoms with Crippen LogP contribution in [0.2, 0.25) is 5.02 Å². The Bertz CT molecular complexity index is 877. The second-order valence-electron chi connectivity index (χ2n) is 6.05. The van der Waals surface area contributed by atoms with Crippen molar-refractivity contribution in [2.24, 2.45) is 4.99 Å². The molecule has 0 amide bonds. The van der Waals surface area contributed by atoms with Gasteiger partial charge in [-0.25, -0.2) is 0 Å². The van der Waals surface area contributed by atoms with Crippen molar-refractivity contribution in [2.45, 2.75) is 0 Å². The molecule has 0 aliphatic carbocycles. The van der Waals surface area contributed by atoms with E-state index in [1.165, 1.54) is 0 Å². The minimum absolute atomic E-state index is 0.449. The van der Waals surface area contributed by atoms with Crippen LogP contribution >= 0.6 is 11.6 Å². The standard InChI is InChI=1S/C21H19ClN2O/c1-24(2)14-20-16(11-12-25)13-23-21(15-7-9-17(22)10-8-15)19-6-4-3-5-18(19)20/h3-12,14H,13H2,1-2H3/b16-11-,20-14+. The van der Waals surface area contributed by atoms with Crippen LogP contribution in [-0.4, -0.2) is 37.5 Å². The van der Waals surface area contributed by atoms with Crippen LogP contribution in [0.15, 0.2) is 71.4 Å². The fraction of sp³-hybridized carbons (Fsp3) is 0.143. The summed E-state index contributed by atoms with van der Waals surface area (Å²) >= 11 is 6.03. The van der Waals surface area contributed by atoms with E-state index in [4.69, 9.17) is 16.6 Å². The van der Waals surface area contributed by atoms with E-state index in [0.717, 1.165) is 39.8 Å². The first-order chi connectivity index (χ1) is 12.1. The zero-order chi connectivity index (χ0) is 17.8. The van der Waals surface area contributed by atoms with E-state index in [0.29, 0.717) is 11.6 Å². The molecule has 0 bridgehead atoms. The Morgan fingerprint density at radius 1 is 1.04 bits per heavy atom. The highest BCUT2D eigenvalue weighted by Gasteiger charge is 2.20. The number of aldehydes is 1. The maximum atomic E-state index is 11.1. The molecule has 1 heterocycles. The molecule has 0 aromatic heterocycles. The molecular weight excluding hydrogens is 332 g/mol. The highest BCUT2D eigenvalue weighted by atomic mass is 35.5. The lowest BCUT2D eigenvalue weighted by Crippen LogP contribution is -2.07.